The minimum atomic E-state index is -4.60. The number of halogens is 3. The summed E-state index contributed by atoms with van der Waals surface area (Å²) in [5, 5.41) is 3.39. The first-order chi connectivity index (χ1) is 15.1. The largest absolute Gasteiger partial charge is 0.497 e. The number of nitrogens with zero attached hydrogens (tertiary/aromatic N) is 1. The molecule has 1 saturated heterocycles. The van der Waals surface area contributed by atoms with Crippen LogP contribution in [0.3, 0.4) is 0 Å². The lowest BCUT2D eigenvalue weighted by Gasteiger charge is -2.31. The predicted octanol–water partition coefficient (Wildman–Crippen LogP) is 4.53. The van der Waals surface area contributed by atoms with Gasteiger partial charge in [-0.05, 0) is 63.3 Å². The number of likely N-dealkylation sites (tertiary alicyclic amines) is 1. The van der Waals surface area contributed by atoms with Crippen LogP contribution >= 0.6 is 0 Å². The van der Waals surface area contributed by atoms with E-state index < -0.39 is 21.6 Å². The van der Waals surface area contributed by atoms with Gasteiger partial charge in [-0.15, -0.1) is 0 Å². The summed E-state index contributed by atoms with van der Waals surface area (Å²) in [5.74, 6) is 0.558. The molecule has 0 saturated carbocycles. The van der Waals surface area contributed by atoms with Crippen LogP contribution in [0, 0.1) is 0 Å². The molecule has 2 aromatic carbocycles. The second-order valence-electron chi connectivity index (χ2n) is 7.99. The highest BCUT2D eigenvalue weighted by Crippen LogP contribution is 2.38. The van der Waals surface area contributed by atoms with E-state index in [4.69, 9.17) is 4.74 Å². The molecule has 0 bridgehead atoms. The predicted molar refractivity (Wildman–Crippen MR) is 116 cm³/mol. The molecule has 0 atom stereocenters. The third-order valence-electron chi connectivity index (χ3n) is 5.83. The first-order valence-electron chi connectivity index (χ1n) is 10.2. The monoisotopic (exact) mass is 467 g/mol. The molecule has 1 aliphatic heterocycles. The molecular weight excluding hydrogens is 443 g/mol. The van der Waals surface area contributed by atoms with Crippen LogP contribution in [-0.2, 0) is 16.0 Å². The molecule has 1 aromatic heterocycles. The Labute approximate surface area is 184 Å². The number of aromatic amines is 1. The van der Waals surface area contributed by atoms with Gasteiger partial charge in [0.25, 0.3) is 0 Å². The minimum absolute atomic E-state index is 0.000142. The van der Waals surface area contributed by atoms with E-state index in [1.807, 2.05) is 7.05 Å². The number of anilines is 1. The summed E-state index contributed by atoms with van der Waals surface area (Å²) < 4.78 is 72.7. The SMILES string of the molecule is COc1ccc2c(S(=O)(=O)c3ccc(C(F)(F)F)c(NC4CCN(C)CC4)c3)c[nH]c2c1. The Morgan fingerprint density at radius 2 is 1.84 bits per heavy atom. The van der Waals surface area contributed by atoms with Crippen LogP contribution in [0.2, 0.25) is 0 Å². The van der Waals surface area contributed by atoms with Crippen molar-refractivity contribution in [1.29, 1.82) is 0 Å². The lowest BCUT2D eigenvalue weighted by atomic mass is 10.0. The Morgan fingerprint density at radius 1 is 1.12 bits per heavy atom. The van der Waals surface area contributed by atoms with Crippen LogP contribution in [0.25, 0.3) is 10.9 Å². The molecule has 6 nitrogen and oxygen atoms in total. The van der Waals surface area contributed by atoms with E-state index in [-0.39, 0.29) is 21.5 Å². The van der Waals surface area contributed by atoms with Gasteiger partial charge in [-0.2, -0.15) is 13.2 Å². The zero-order valence-corrected chi connectivity index (χ0v) is 18.5. The average Bonchev–Trinajstić information content (AvgIpc) is 3.18. The Morgan fingerprint density at radius 3 is 2.50 bits per heavy atom. The number of nitrogens with one attached hydrogen (secondary N) is 2. The van der Waals surface area contributed by atoms with E-state index >= 15 is 0 Å². The summed E-state index contributed by atoms with van der Waals surface area (Å²) in [4.78, 5) is 4.81. The molecule has 1 fully saturated rings. The van der Waals surface area contributed by atoms with E-state index in [1.54, 1.807) is 18.2 Å². The summed E-state index contributed by atoms with van der Waals surface area (Å²) in [5.41, 5.74) is -0.534. The molecule has 0 aliphatic carbocycles. The number of H-pyrrole nitrogens is 1. The summed E-state index contributed by atoms with van der Waals surface area (Å²) in [7, 11) is -0.601. The third-order valence-corrected chi connectivity index (χ3v) is 7.62. The maximum absolute atomic E-state index is 13.6. The zero-order chi connectivity index (χ0) is 23.1. The van der Waals surface area contributed by atoms with Crippen molar-refractivity contribution in [3.05, 3.63) is 48.2 Å². The minimum Gasteiger partial charge on any atom is -0.497 e. The molecule has 4 rings (SSSR count). The Balaban J connectivity index is 1.74. The van der Waals surface area contributed by atoms with Crippen molar-refractivity contribution in [2.45, 2.75) is 34.9 Å². The zero-order valence-electron chi connectivity index (χ0n) is 17.7. The fourth-order valence-corrected chi connectivity index (χ4v) is 5.44. The molecular formula is C22H24F3N3O3S. The van der Waals surface area contributed by atoms with Gasteiger partial charge in [0, 0.05) is 29.4 Å². The Bertz CT molecular complexity index is 1230. The van der Waals surface area contributed by atoms with Gasteiger partial charge in [0.2, 0.25) is 9.84 Å². The molecule has 1 aliphatic rings. The number of rotatable bonds is 5. The molecule has 10 heteroatoms. The maximum atomic E-state index is 13.6. The fourth-order valence-electron chi connectivity index (χ4n) is 3.98. The van der Waals surface area contributed by atoms with Gasteiger partial charge in [0.05, 0.1) is 28.0 Å². The lowest BCUT2D eigenvalue weighted by Crippen LogP contribution is -2.37. The first-order valence-corrected chi connectivity index (χ1v) is 11.6. The molecule has 0 radical (unpaired) electrons. The molecule has 2 N–H and O–H groups in total. The van der Waals surface area contributed by atoms with Gasteiger partial charge in [0.15, 0.2) is 0 Å². The summed E-state index contributed by atoms with van der Waals surface area (Å²) >= 11 is 0. The number of hydrogen-bond acceptors (Lipinski definition) is 5. The van der Waals surface area contributed by atoms with Crippen LogP contribution in [0.4, 0.5) is 18.9 Å². The smallest absolute Gasteiger partial charge is 0.418 e. The number of sulfone groups is 1. The van der Waals surface area contributed by atoms with E-state index in [1.165, 1.54) is 13.3 Å². The Hall–Kier alpha value is -2.72. The highest BCUT2D eigenvalue weighted by molar-refractivity contribution is 7.91. The fraction of sp³-hybridized carbons (Fsp3) is 0.364. The summed E-state index contributed by atoms with van der Waals surface area (Å²) in [6, 6.07) is 7.69. The van der Waals surface area contributed by atoms with Crippen molar-refractivity contribution in [3.63, 3.8) is 0 Å². The topological polar surface area (TPSA) is 74.4 Å². The van der Waals surface area contributed by atoms with Crippen LogP contribution in [-0.4, -0.2) is 51.6 Å². The molecule has 0 amide bonds. The van der Waals surface area contributed by atoms with Gasteiger partial charge in [0.1, 0.15) is 5.75 Å². The highest BCUT2D eigenvalue weighted by atomic mass is 32.2. The van der Waals surface area contributed by atoms with Crippen molar-refractivity contribution < 1.29 is 26.3 Å². The van der Waals surface area contributed by atoms with E-state index in [0.717, 1.165) is 31.3 Å². The number of alkyl halides is 3. The van der Waals surface area contributed by atoms with E-state index in [2.05, 4.69) is 15.2 Å². The number of hydrogen-bond donors (Lipinski definition) is 2. The van der Waals surface area contributed by atoms with Crippen LogP contribution in [0.5, 0.6) is 5.75 Å². The van der Waals surface area contributed by atoms with E-state index in [0.29, 0.717) is 29.5 Å². The molecule has 0 unspecified atom stereocenters. The Kier molecular flexibility index (Phi) is 5.85. The van der Waals surface area contributed by atoms with Crippen molar-refractivity contribution in [1.82, 2.24) is 9.88 Å². The summed E-state index contributed by atoms with van der Waals surface area (Å²) in [6.07, 6.45) is -1.90. The van der Waals surface area contributed by atoms with Gasteiger partial charge in [-0.3, -0.25) is 0 Å². The van der Waals surface area contributed by atoms with Crippen LogP contribution < -0.4 is 10.1 Å². The third kappa shape index (κ3) is 4.29. The quantitative estimate of drug-likeness (QED) is 0.577. The maximum Gasteiger partial charge on any atom is 0.418 e. The molecule has 0 spiro atoms. The van der Waals surface area contributed by atoms with Crippen molar-refractivity contribution in [3.8, 4) is 5.75 Å². The lowest BCUT2D eigenvalue weighted by molar-refractivity contribution is -0.137. The molecule has 2 heterocycles. The van der Waals surface area contributed by atoms with Gasteiger partial charge in [-0.1, -0.05) is 0 Å². The summed E-state index contributed by atoms with van der Waals surface area (Å²) in [6.45, 7) is 1.52. The number of piperidine rings is 1. The van der Waals surface area contributed by atoms with Gasteiger partial charge < -0.3 is 19.9 Å². The number of benzene rings is 2. The van der Waals surface area contributed by atoms with Crippen molar-refractivity contribution in [2.75, 3.05) is 32.6 Å². The van der Waals surface area contributed by atoms with E-state index in [9.17, 15) is 21.6 Å². The standard InChI is InChI=1S/C22H24F3N3O3S/c1-28-9-7-14(8-10-28)27-20-12-16(4-6-18(20)22(23,24)25)32(29,30)21-13-26-19-11-15(31-2)3-5-17(19)21/h3-6,11-14,26-27H,7-10H2,1-2H3. The van der Waals surface area contributed by atoms with Gasteiger partial charge in [-0.25, -0.2) is 8.42 Å². The number of ether oxygens (including phenoxy) is 1. The molecule has 3 aromatic rings. The second kappa shape index (κ2) is 8.32. The van der Waals surface area contributed by atoms with Crippen LogP contribution in [0.15, 0.2) is 52.4 Å². The molecule has 32 heavy (non-hydrogen) atoms. The molecule has 172 valence electrons. The number of aromatic nitrogens is 1. The van der Waals surface area contributed by atoms with Gasteiger partial charge >= 0.3 is 6.18 Å². The normalized spacial score (nSPS) is 16.4. The average molecular weight is 468 g/mol. The first kappa shape index (κ1) is 22.5. The van der Waals surface area contributed by atoms with Crippen molar-refractivity contribution in [2.24, 2.45) is 0 Å². The van der Waals surface area contributed by atoms with Crippen molar-refractivity contribution >= 4 is 26.4 Å². The number of fused-ring (bicyclic) bond motifs is 1. The highest BCUT2D eigenvalue weighted by Gasteiger charge is 2.35. The van der Waals surface area contributed by atoms with Crippen LogP contribution in [0.1, 0.15) is 18.4 Å². The number of methoxy groups -OCH3 is 1. The second-order valence-corrected chi connectivity index (χ2v) is 9.91.